The van der Waals surface area contributed by atoms with E-state index in [1.807, 2.05) is 21.9 Å². The lowest BCUT2D eigenvalue weighted by Gasteiger charge is -2.27. The molecule has 2 aromatic carbocycles. The van der Waals surface area contributed by atoms with Crippen molar-refractivity contribution in [1.82, 2.24) is 20.0 Å². The monoisotopic (exact) mass is 496 g/mol. The highest BCUT2D eigenvalue weighted by molar-refractivity contribution is 5.79. The van der Waals surface area contributed by atoms with Gasteiger partial charge in [0.1, 0.15) is 0 Å². The number of aromatic nitrogens is 2. The van der Waals surface area contributed by atoms with Crippen molar-refractivity contribution in [3.05, 3.63) is 70.8 Å². The van der Waals surface area contributed by atoms with E-state index in [0.717, 1.165) is 53.7 Å². The van der Waals surface area contributed by atoms with Gasteiger partial charge in [-0.3, -0.25) is 10.8 Å². The Morgan fingerprint density at radius 3 is 1.73 bits per heavy atom. The molecule has 0 amide bonds. The van der Waals surface area contributed by atoms with Gasteiger partial charge >= 0.3 is 0 Å². The van der Waals surface area contributed by atoms with Gasteiger partial charge in [-0.15, -0.1) is 10.2 Å². The minimum absolute atomic E-state index is 0.116. The van der Waals surface area contributed by atoms with Gasteiger partial charge < -0.3 is 25.7 Å². The predicted octanol–water partition coefficient (Wildman–Crippen LogP) is 3.99. The van der Waals surface area contributed by atoms with Crippen LogP contribution in [0.15, 0.2) is 53.0 Å². The van der Waals surface area contributed by atoms with E-state index in [2.05, 4.69) is 60.5 Å². The third-order valence-electron chi connectivity index (χ3n) is 7.14. The van der Waals surface area contributed by atoms with Crippen molar-refractivity contribution < 1.29 is 4.42 Å². The van der Waals surface area contributed by atoms with Crippen molar-refractivity contribution in [3.63, 3.8) is 0 Å². The SMILES string of the molecule is Cc1cc(C2=CCN(C(=N)N)CC2)cc(C)c1-c1nnc(-c2ccc(C3=CCN(C(=N)N)CC3)cc2)o1. The largest absolute Gasteiger partial charge is 0.416 e. The van der Waals surface area contributed by atoms with Gasteiger partial charge in [0, 0.05) is 37.3 Å². The first kappa shape index (κ1) is 24.3. The second-order valence-electron chi connectivity index (χ2n) is 9.60. The van der Waals surface area contributed by atoms with Gasteiger partial charge in [0.15, 0.2) is 11.9 Å². The lowest BCUT2D eigenvalue weighted by molar-refractivity contribution is 0.451. The fourth-order valence-corrected chi connectivity index (χ4v) is 5.05. The summed E-state index contributed by atoms with van der Waals surface area (Å²) in [5.41, 5.74) is 20.1. The molecule has 0 bridgehead atoms. The highest BCUT2D eigenvalue weighted by Crippen LogP contribution is 2.33. The second kappa shape index (κ2) is 9.93. The number of hydrogen-bond acceptors (Lipinski definition) is 5. The molecule has 0 radical (unpaired) electrons. The van der Waals surface area contributed by atoms with E-state index in [1.165, 1.54) is 16.7 Å². The predicted molar refractivity (Wildman–Crippen MR) is 147 cm³/mol. The van der Waals surface area contributed by atoms with Crippen LogP contribution in [0.25, 0.3) is 34.1 Å². The first-order chi connectivity index (χ1) is 17.8. The number of aryl methyl sites for hydroxylation is 2. The molecule has 0 fully saturated rings. The smallest absolute Gasteiger partial charge is 0.248 e. The summed E-state index contributed by atoms with van der Waals surface area (Å²) < 4.78 is 6.13. The van der Waals surface area contributed by atoms with E-state index in [-0.39, 0.29) is 11.9 Å². The molecule has 1 aromatic heterocycles. The summed E-state index contributed by atoms with van der Waals surface area (Å²) in [6.45, 7) is 6.96. The Morgan fingerprint density at radius 1 is 0.757 bits per heavy atom. The summed E-state index contributed by atoms with van der Waals surface area (Å²) in [6, 6.07) is 12.5. The summed E-state index contributed by atoms with van der Waals surface area (Å²) in [7, 11) is 0. The molecule has 9 nitrogen and oxygen atoms in total. The lowest BCUT2D eigenvalue weighted by Crippen LogP contribution is -2.39. The highest BCUT2D eigenvalue weighted by atomic mass is 16.4. The van der Waals surface area contributed by atoms with Gasteiger partial charge in [-0.2, -0.15) is 0 Å². The third-order valence-corrected chi connectivity index (χ3v) is 7.14. The van der Waals surface area contributed by atoms with Gasteiger partial charge in [-0.1, -0.05) is 36.4 Å². The molecule has 3 aromatic rings. The molecule has 0 aliphatic carbocycles. The van der Waals surface area contributed by atoms with Gasteiger partial charge in [-0.25, -0.2) is 0 Å². The normalized spacial score (nSPS) is 15.8. The van der Waals surface area contributed by atoms with Crippen molar-refractivity contribution >= 4 is 23.1 Å². The van der Waals surface area contributed by atoms with Crippen LogP contribution in [0.1, 0.15) is 35.1 Å². The van der Waals surface area contributed by atoms with Crippen molar-refractivity contribution in [2.24, 2.45) is 11.5 Å². The highest BCUT2D eigenvalue weighted by Gasteiger charge is 2.19. The second-order valence-corrected chi connectivity index (χ2v) is 9.60. The maximum Gasteiger partial charge on any atom is 0.248 e. The summed E-state index contributed by atoms with van der Waals surface area (Å²) in [5, 5.41) is 23.9. The van der Waals surface area contributed by atoms with Crippen LogP contribution in [-0.2, 0) is 0 Å². The number of hydrogen-bond donors (Lipinski definition) is 4. The number of benzene rings is 2. The lowest BCUT2D eigenvalue weighted by atomic mass is 9.93. The number of nitrogens with one attached hydrogen (secondary N) is 2. The Hall–Kier alpha value is -4.40. The van der Waals surface area contributed by atoms with E-state index in [9.17, 15) is 0 Å². The average molecular weight is 497 g/mol. The van der Waals surface area contributed by atoms with Crippen LogP contribution in [0.2, 0.25) is 0 Å². The molecule has 0 spiro atoms. The topological polar surface area (TPSA) is 145 Å². The molecule has 6 N–H and O–H groups in total. The summed E-state index contributed by atoms with van der Waals surface area (Å²) >= 11 is 0. The minimum Gasteiger partial charge on any atom is -0.416 e. The Balaban J connectivity index is 1.34. The number of nitrogens with two attached hydrogens (primary N) is 2. The standard InChI is InChI=1S/C28H32N8O/c1-17-15-23(21-9-13-36(14-10-21)28(31)32)16-18(2)24(17)26-34-33-25(37-26)22-5-3-19(4-6-22)20-7-11-35(12-8-20)27(29)30/h3-7,9,15-16H,8,10-14H2,1-2H3,(H3,29,30)(H3,31,32). The maximum atomic E-state index is 7.63. The number of nitrogens with zero attached hydrogens (tertiary/aromatic N) is 4. The van der Waals surface area contributed by atoms with Crippen LogP contribution in [0, 0.1) is 24.7 Å². The number of rotatable bonds is 4. The van der Waals surface area contributed by atoms with E-state index in [1.54, 1.807) is 0 Å². The molecule has 3 heterocycles. The maximum absolute atomic E-state index is 7.63. The zero-order chi connectivity index (χ0) is 26.1. The molecule has 0 unspecified atom stereocenters. The molecule has 2 aliphatic rings. The summed E-state index contributed by atoms with van der Waals surface area (Å²) in [4.78, 5) is 3.71. The minimum atomic E-state index is 0.116. The van der Waals surface area contributed by atoms with Gasteiger partial charge in [0.25, 0.3) is 0 Å². The average Bonchev–Trinajstić information content (AvgIpc) is 3.38. The summed E-state index contributed by atoms with van der Waals surface area (Å²) in [6.07, 6.45) is 5.98. The van der Waals surface area contributed by atoms with Crippen LogP contribution >= 0.6 is 0 Å². The Morgan fingerprint density at radius 2 is 1.24 bits per heavy atom. The molecule has 9 heteroatoms. The van der Waals surface area contributed by atoms with Gasteiger partial charge in [-0.05, 0) is 72.2 Å². The zero-order valence-electron chi connectivity index (χ0n) is 21.2. The van der Waals surface area contributed by atoms with E-state index < -0.39 is 0 Å². The van der Waals surface area contributed by atoms with E-state index in [0.29, 0.717) is 24.9 Å². The Kier molecular flexibility index (Phi) is 6.52. The van der Waals surface area contributed by atoms with Crippen molar-refractivity contribution in [2.45, 2.75) is 26.7 Å². The van der Waals surface area contributed by atoms with Crippen LogP contribution < -0.4 is 11.5 Å². The molecule has 0 atom stereocenters. The Labute approximate surface area is 216 Å². The molecule has 37 heavy (non-hydrogen) atoms. The Bertz CT molecular complexity index is 1390. The first-order valence-corrected chi connectivity index (χ1v) is 12.4. The van der Waals surface area contributed by atoms with E-state index >= 15 is 0 Å². The molecule has 190 valence electrons. The van der Waals surface area contributed by atoms with Crippen molar-refractivity contribution in [2.75, 3.05) is 26.2 Å². The van der Waals surface area contributed by atoms with Gasteiger partial charge in [0.05, 0.1) is 0 Å². The molecular weight excluding hydrogens is 464 g/mol. The number of guanidine groups is 2. The van der Waals surface area contributed by atoms with Crippen LogP contribution in [0.5, 0.6) is 0 Å². The van der Waals surface area contributed by atoms with Crippen LogP contribution in [0.4, 0.5) is 0 Å². The fourth-order valence-electron chi connectivity index (χ4n) is 5.05. The third kappa shape index (κ3) is 4.97. The van der Waals surface area contributed by atoms with Gasteiger partial charge in [0.2, 0.25) is 11.8 Å². The first-order valence-electron chi connectivity index (χ1n) is 12.4. The van der Waals surface area contributed by atoms with Crippen LogP contribution in [0.3, 0.4) is 0 Å². The molecule has 5 rings (SSSR count). The zero-order valence-corrected chi connectivity index (χ0v) is 21.2. The molecule has 0 saturated carbocycles. The quantitative estimate of drug-likeness (QED) is 0.316. The fraction of sp³-hybridized carbons (Fsp3) is 0.286. The van der Waals surface area contributed by atoms with Crippen molar-refractivity contribution in [3.8, 4) is 22.9 Å². The van der Waals surface area contributed by atoms with Crippen LogP contribution in [-0.4, -0.2) is 58.1 Å². The van der Waals surface area contributed by atoms with Crippen molar-refractivity contribution in [1.29, 1.82) is 10.8 Å². The molecule has 0 saturated heterocycles. The summed E-state index contributed by atoms with van der Waals surface area (Å²) in [5.74, 6) is 1.24. The molecular formula is C28H32N8O. The molecule has 2 aliphatic heterocycles. The van der Waals surface area contributed by atoms with E-state index in [4.69, 9.17) is 26.7 Å².